The summed E-state index contributed by atoms with van der Waals surface area (Å²) in [6.07, 6.45) is 2.35. The second-order valence-corrected chi connectivity index (χ2v) is 8.88. The first kappa shape index (κ1) is 21.4. The van der Waals surface area contributed by atoms with Gasteiger partial charge in [-0.05, 0) is 28.8 Å². The van der Waals surface area contributed by atoms with Crippen LogP contribution in [-0.2, 0) is 12.1 Å². The van der Waals surface area contributed by atoms with E-state index in [-0.39, 0.29) is 6.54 Å². The van der Waals surface area contributed by atoms with Gasteiger partial charge in [0.25, 0.3) is 0 Å². The fraction of sp³-hybridized carbons (Fsp3) is 0.160. The monoisotopic (exact) mass is 457 g/mol. The van der Waals surface area contributed by atoms with Crippen molar-refractivity contribution in [1.29, 1.82) is 0 Å². The Morgan fingerprint density at radius 3 is 2.45 bits per heavy atom. The maximum absolute atomic E-state index is 11.5. The summed E-state index contributed by atoms with van der Waals surface area (Å²) in [5.41, 5.74) is 2.92. The Morgan fingerprint density at radius 1 is 0.970 bits per heavy atom. The molecule has 5 aromatic rings. The van der Waals surface area contributed by atoms with Crippen molar-refractivity contribution in [2.45, 2.75) is 23.4 Å². The van der Waals surface area contributed by atoms with Gasteiger partial charge in [-0.2, -0.15) is 5.10 Å². The van der Waals surface area contributed by atoms with Crippen LogP contribution in [0.15, 0.2) is 96.7 Å². The minimum atomic E-state index is -1.16. The Bertz CT molecular complexity index is 1330. The first-order chi connectivity index (χ1) is 16.1. The molecule has 0 radical (unpaired) electrons. The van der Waals surface area contributed by atoms with Crippen LogP contribution in [0.25, 0.3) is 11.0 Å². The molecule has 2 unspecified atom stereocenters. The molecule has 0 amide bonds. The number of rotatable bonds is 8. The van der Waals surface area contributed by atoms with Crippen LogP contribution >= 0.6 is 11.8 Å². The summed E-state index contributed by atoms with van der Waals surface area (Å²) >= 11 is 1.44. The van der Waals surface area contributed by atoms with Gasteiger partial charge in [0.1, 0.15) is 24.4 Å². The molecular formula is C25H23N5O2S. The highest BCUT2D eigenvalue weighted by atomic mass is 32.2. The number of nitrogens with one attached hydrogen (secondary N) is 1. The molecule has 5 rings (SSSR count). The van der Waals surface area contributed by atoms with E-state index < -0.39 is 11.7 Å². The van der Waals surface area contributed by atoms with Gasteiger partial charge in [0.2, 0.25) is 0 Å². The normalized spacial score (nSPS) is 14.2. The largest absolute Gasteiger partial charge is 0.384 e. The molecule has 0 aliphatic carbocycles. The van der Waals surface area contributed by atoms with E-state index in [1.165, 1.54) is 18.1 Å². The van der Waals surface area contributed by atoms with Gasteiger partial charge < -0.3 is 15.2 Å². The number of aliphatic hydroxyl groups is 2. The molecule has 0 aliphatic rings. The highest BCUT2D eigenvalue weighted by Crippen LogP contribution is 2.32. The van der Waals surface area contributed by atoms with E-state index in [0.717, 1.165) is 27.7 Å². The van der Waals surface area contributed by atoms with Crippen molar-refractivity contribution in [2.24, 2.45) is 0 Å². The van der Waals surface area contributed by atoms with Crippen molar-refractivity contribution in [3.05, 3.63) is 108 Å². The van der Waals surface area contributed by atoms with Gasteiger partial charge in [-0.1, -0.05) is 78.5 Å². The molecule has 7 nitrogen and oxygen atoms in total. The van der Waals surface area contributed by atoms with Crippen molar-refractivity contribution in [1.82, 2.24) is 24.7 Å². The number of H-pyrrole nitrogens is 1. The maximum atomic E-state index is 11.5. The molecule has 0 fully saturated rings. The lowest BCUT2D eigenvalue weighted by atomic mass is 9.96. The molecule has 33 heavy (non-hydrogen) atoms. The number of nitrogens with zero attached hydrogens (tertiary/aromatic N) is 4. The number of benzene rings is 3. The number of aromatic nitrogens is 5. The van der Waals surface area contributed by atoms with Crippen molar-refractivity contribution in [3.63, 3.8) is 0 Å². The molecule has 0 saturated carbocycles. The second-order valence-electron chi connectivity index (χ2n) is 7.91. The van der Waals surface area contributed by atoms with E-state index in [2.05, 4.69) is 20.1 Å². The number of hydrogen-bond acceptors (Lipinski definition) is 6. The molecule has 8 heteroatoms. The topological polar surface area (TPSA) is 99.9 Å². The zero-order chi connectivity index (χ0) is 22.7. The average molecular weight is 458 g/mol. The minimum absolute atomic E-state index is 0.275. The Labute approximate surface area is 195 Å². The zero-order valence-corrected chi connectivity index (χ0v) is 18.6. The van der Waals surface area contributed by atoms with Crippen LogP contribution in [0.5, 0.6) is 0 Å². The molecular weight excluding hydrogens is 434 g/mol. The van der Waals surface area contributed by atoms with E-state index in [1.807, 2.05) is 78.9 Å². The lowest BCUT2D eigenvalue weighted by molar-refractivity contribution is 0.0396. The summed E-state index contributed by atoms with van der Waals surface area (Å²) < 4.78 is 1.63. The van der Waals surface area contributed by atoms with Crippen LogP contribution in [0.4, 0.5) is 0 Å². The molecule has 3 aromatic carbocycles. The number of aromatic amines is 1. The van der Waals surface area contributed by atoms with E-state index in [4.69, 9.17) is 0 Å². The Morgan fingerprint density at radius 2 is 1.73 bits per heavy atom. The third-order valence-corrected chi connectivity index (χ3v) is 6.65. The predicted molar refractivity (Wildman–Crippen MR) is 128 cm³/mol. The van der Waals surface area contributed by atoms with E-state index in [0.29, 0.717) is 10.9 Å². The van der Waals surface area contributed by atoms with Gasteiger partial charge in [0, 0.05) is 5.75 Å². The summed E-state index contributed by atoms with van der Waals surface area (Å²) in [6.45, 7) is 0.275. The SMILES string of the molecule is OC(c1ccccc1)c1ccc2nc(SCC(O)(Cn3cncn3)c3ccccc3)[nH]c2c1. The van der Waals surface area contributed by atoms with Crippen LogP contribution < -0.4 is 0 Å². The molecule has 2 atom stereocenters. The van der Waals surface area contributed by atoms with Crippen molar-refractivity contribution in [3.8, 4) is 0 Å². The summed E-state index contributed by atoms with van der Waals surface area (Å²) in [4.78, 5) is 12.0. The molecule has 2 heterocycles. The van der Waals surface area contributed by atoms with E-state index in [9.17, 15) is 10.2 Å². The van der Waals surface area contributed by atoms with Crippen LogP contribution in [0.2, 0.25) is 0 Å². The number of imidazole rings is 1. The van der Waals surface area contributed by atoms with Gasteiger partial charge in [0.15, 0.2) is 5.16 Å². The Kier molecular flexibility index (Phi) is 5.95. The number of aliphatic hydroxyl groups excluding tert-OH is 1. The van der Waals surface area contributed by atoms with Crippen LogP contribution in [-0.4, -0.2) is 40.7 Å². The third kappa shape index (κ3) is 4.68. The van der Waals surface area contributed by atoms with Gasteiger partial charge in [0.05, 0.1) is 17.6 Å². The van der Waals surface area contributed by atoms with Gasteiger partial charge in [-0.25, -0.2) is 14.6 Å². The highest BCUT2D eigenvalue weighted by molar-refractivity contribution is 7.99. The number of hydrogen-bond donors (Lipinski definition) is 3. The van der Waals surface area contributed by atoms with Crippen molar-refractivity contribution in [2.75, 3.05) is 5.75 Å². The quantitative estimate of drug-likeness (QED) is 0.306. The van der Waals surface area contributed by atoms with Gasteiger partial charge in [-0.15, -0.1) is 0 Å². The van der Waals surface area contributed by atoms with Crippen molar-refractivity contribution < 1.29 is 10.2 Å². The second kappa shape index (κ2) is 9.19. The number of fused-ring (bicyclic) bond motifs is 1. The lowest BCUT2D eigenvalue weighted by Gasteiger charge is -2.27. The molecule has 2 aromatic heterocycles. The summed E-state index contributed by atoms with van der Waals surface area (Å²) in [7, 11) is 0. The third-order valence-electron chi connectivity index (χ3n) is 5.56. The first-order valence-corrected chi connectivity index (χ1v) is 11.6. The molecule has 0 bridgehead atoms. The minimum Gasteiger partial charge on any atom is -0.384 e. The van der Waals surface area contributed by atoms with Crippen LogP contribution in [0.1, 0.15) is 22.8 Å². The first-order valence-electron chi connectivity index (χ1n) is 10.6. The molecule has 0 saturated heterocycles. The summed E-state index contributed by atoms with van der Waals surface area (Å²) in [5.74, 6) is 0.371. The van der Waals surface area contributed by atoms with Gasteiger partial charge >= 0.3 is 0 Å². The standard InChI is InChI=1S/C25H23N5O2S/c31-23(18-7-3-1-4-8-18)19-11-12-21-22(13-19)29-24(28-21)33-15-25(32,14-30-17-26-16-27-30)20-9-5-2-6-10-20/h1-13,16-17,23,31-32H,14-15H2,(H,28,29). The fourth-order valence-electron chi connectivity index (χ4n) is 3.81. The van der Waals surface area contributed by atoms with Crippen molar-refractivity contribution >= 4 is 22.8 Å². The van der Waals surface area contributed by atoms with E-state index >= 15 is 0 Å². The average Bonchev–Trinajstić information content (AvgIpc) is 3.52. The lowest BCUT2D eigenvalue weighted by Crippen LogP contribution is -2.34. The van der Waals surface area contributed by atoms with E-state index in [1.54, 1.807) is 11.0 Å². The van der Waals surface area contributed by atoms with Crippen LogP contribution in [0.3, 0.4) is 0 Å². The number of thioether (sulfide) groups is 1. The summed E-state index contributed by atoms with van der Waals surface area (Å²) in [5, 5.41) is 27.1. The molecule has 166 valence electrons. The Hall–Kier alpha value is -3.46. The zero-order valence-electron chi connectivity index (χ0n) is 17.7. The molecule has 0 spiro atoms. The fourth-order valence-corrected chi connectivity index (χ4v) is 4.79. The van der Waals surface area contributed by atoms with Crippen LogP contribution in [0, 0.1) is 0 Å². The predicted octanol–water partition coefficient (Wildman–Crippen LogP) is 3.92. The smallest absolute Gasteiger partial charge is 0.166 e. The molecule has 3 N–H and O–H groups in total. The van der Waals surface area contributed by atoms with Gasteiger partial charge in [-0.3, -0.25) is 0 Å². The highest BCUT2D eigenvalue weighted by Gasteiger charge is 2.31. The molecule has 0 aliphatic heterocycles. The Balaban J connectivity index is 1.37. The summed E-state index contributed by atoms with van der Waals surface area (Å²) in [6, 6.07) is 24.8. The maximum Gasteiger partial charge on any atom is 0.166 e.